The van der Waals surface area contributed by atoms with Crippen molar-refractivity contribution < 1.29 is 9.59 Å². The second kappa shape index (κ2) is 5.78. The summed E-state index contributed by atoms with van der Waals surface area (Å²) in [5, 5.41) is 12.3. The van der Waals surface area contributed by atoms with Crippen LogP contribution < -0.4 is 10.6 Å². The van der Waals surface area contributed by atoms with Crippen molar-refractivity contribution in [2.45, 2.75) is 13.0 Å². The molecule has 3 rings (SSSR count). The van der Waals surface area contributed by atoms with Gasteiger partial charge in [-0.05, 0) is 17.2 Å². The Hall–Kier alpha value is -2.63. The first-order chi connectivity index (χ1) is 10.2. The molecule has 1 atom stereocenters. The summed E-state index contributed by atoms with van der Waals surface area (Å²) in [6.07, 6.45) is 1.99. The van der Waals surface area contributed by atoms with Gasteiger partial charge >= 0.3 is 0 Å². The topological polar surface area (TPSA) is 86.9 Å². The van der Waals surface area contributed by atoms with Gasteiger partial charge in [0.15, 0.2) is 0 Å². The largest absolute Gasteiger partial charge is 0.355 e. The SMILES string of the molecule is O=C1CC(C(=O)NCc2ccc(-c3ccn[nH]3)cc2)CN1. The maximum Gasteiger partial charge on any atom is 0.225 e. The molecular formula is C15H16N4O2. The molecule has 1 aromatic heterocycles. The summed E-state index contributed by atoms with van der Waals surface area (Å²) in [5.74, 6) is -0.383. The van der Waals surface area contributed by atoms with Crippen LogP contribution in [0.25, 0.3) is 11.3 Å². The number of H-pyrrole nitrogens is 1. The Morgan fingerprint density at radius 2 is 2.10 bits per heavy atom. The van der Waals surface area contributed by atoms with Gasteiger partial charge in [0.1, 0.15) is 0 Å². The molecule has 1 aromatic carbocycles. The van der Waals surface area contributed by atoms with Crippen molar-refractivity contribution >= 4 is 11.8 Å². The molecule has 0 bridgehead atoms. The molecule has 108 valence electrons. The summed E-state index contributed by atoms with van der Waals surface area (Å²) >= 11 is 0. The van der Waals surface area contributed by atoms with E-state index in [1.807, 2.05) is 30.3 Å². The molecular weight excluding hydrogens is 268 g/mol. The molecule has 2 heterocycles. The lowest BCUT2D eigenvalue weighted by molar-refractivity contribution is -0.126. The standard InChI is InChI=1S/C15H16N4O2/c20-14-7-12(9-16-14)15(21)17-8-10-1-3-11(4-2-10)13-5-6-18-19-13/h1-6,12H,7-9H2,(H,16,20)(H,17,21)(H,18,19). The smallest absolute Gasteiger partial charge is 0.225 e. The second-order valence-electron chi connectivity index (χ2n) is 5.09. The predicted molar refractivity (Wildman–Crippen MR) is 77.0 cm³/mol. The van der Waals surface area contributed by atoms with Crippen LogP contribution in [0.15, 0.2) is 36.5 Å². The average molecular weight is 284 g/mol. The van der Waals surface area contributed by atoms with Crippen LogP contribution in [-0.2, 0) is 16.1 Å². The van der Waals surface area contributed by atoms with Gasteiger partial charge < -0.3 is 10.6 Å². The van der Waals surface area contributed by atoms with E-state index in [1.165, 1.54) is 0 Å². The molecule has 1 unspecified atom stereocenters. The number of nitrogens with one attached hydrogen (secondary N) is 3. The van der Waals surface area contributed by atoms with Crippen molar-refractivity contribution in [1.82, 2.24) is 20.8 Å². The van der Waals surface area contributed by atoms with Gasteiger partial charge in [-0.2, -0.15) is 5.10 Å². The lowest BCUT2D eigenvalue weighted by Crippen LogP contribution is -2.31. The van der Waals surface area contributed by atoms with Gasteiger partial charge in [-0.25, -0.2) is 0 Å². The minimum absolute atomic E-state index is 0.0564. The van der Waals surface area contributed by atoms with E-state index in [9.17, 15) is 9.59 Å². The van der Waals surface area contributed by atoms with E-state index in [2.05, 4.69) is 20.8 Å². The molecule has 6 nitrogen and oxygen atoms in total. The fraction of sp³-hybridized carbons (Fsp3) is 0.267. The number of carbonyl (C=O) groups is 2. The Balaban J connectivity index is 1.56. The van der Waals surface area contributed by atoms with Crippen LogP contribution in [0.3, 0.4) is 0 Å². The molecule has 3 N–H and O–H groups in total. The van der Waals surface area contributed by atoms with E-state index in [-0.39, 0.29) is 24.2 Å². The van der Waals surface area contributed by atoms with E-state index in [1.54, 1.807) is 6.20 Å². The molecule has 21 heavy (non-hydrogen) atoms. The van der Waals surface area contributed by atoms with E-state index >= 15 is 0 Å². The van der Waals surface area contributed by atoms with Crippen molar-refractivity contribution in [3.8, 4) is 11.3 Å². The van der Waals surface area contributed by atoms with Gasteiger partial charge in [0, 0.05) is 25.7 Å². The third-order valence-corrected chi connectivity index (χ3v) is 3.58. The van der Waals surface area contributed by atoms with Crippen LogP contribution in [0.2, 0.25) is 0 Å². The maximum atomic E-state index is 11.9. The molecule has 0 saturated carbocycles. The van der Waals surface area contributed by atoms with Gasteiger partial charge in [-0.15, -0.1) is 0 Å². The number of aromatic amines is 1. The first-order valence-corrected chi connectivity index (χ1v) is 6.85. The molecule has 1 aliphatic heterocycles. The number of hydrogen-bond acceptors (Lipinski definition) is 3. The summed E-state index contributed by atoms with van der Waals surface area (Å²) in [5.41, 5.74) is 3.03. The van der Waals surface area contributed by atoms with Crippen LogP contribution in [0.4, 0.5) is 0 Å². The zero-order valence-corrected chi connectivity index (χ0v) is 11.4. The number of aromatic nitrogens is 2. The first-order valence-electron chi connectivity index (χ1n) is 6.85. The highest BCUT2D eigenvalue weighted by Gasteiger charge is 2.27. The molecule has 0 spiro atoms. The maximum absolute atomic E-state index is 11.9. The van der Waals surface area contributed by atoms with Crippen molar-refractivity contribution in [1.29, 1.82) is 0 Å². The molecule has 0 aliphatic carbocycles. The van der Waals surface area contributed by atoms with Crippen molar-refractivity contribution in [2.24, 2.45) is 5.92 Å². The number of rotatable bonds is 4. The number of nitrogens with zero attached hydrogens (tertiary/aromatic N) is 1. The minimum atomic E-state index is -0.248. The van der Waals surface area contributed by atoms with E-state index < -0.39 is 0 Å². The summed E-state index contributed by atoms with van der Waals surface area (Å²) in [4.78, 5) is 23.0. The minimum Gasteiger partial charge on any atom is -0.355 e. The molecule has 1 saturated heterocycles. The lowest BCUT2D eigenvalue weighted by atomic mass is 10.1. The predicted octanol–water partition coefficient (Wildman–Crippen LogP) is 0.829. The molecule has 0 radical (unpaired) electrons. The summed E-state index contributed by atoms with van der Waals surface area (Å²) < 4.78 is 0. The van der Waals surface area contributed by atoms with Crippen LogP contribution in [0.5, 0.6) is 0 Å². The summed E-state index contributed by atoms with van der Waals surface area (Å²) in [6, 6.07) is 9.80. The van der Waals surface area contributed by atoms with Gasteiger partial charge in [0.2, 0.25) is 11.8 Å². The third kappa shape index (κ3) is 3.10. The van der Waals surface area contributed by atoms with Crippen LogP contribution >= 0.6 is 0 Å². The highest BCUT2D eigenvalue weighted by atomic mass is 16.2. The number of carbonyl (C=O) groups excluding carboxylic acids is 2. The molecule has 2 aromatic rings. The van der Waals surface area contributed by atoms with Gasteiger partial charge in [0.05, 0.1) is 11.6 Å². The Labute approximate surface area is 121 Å². The zero-order chi connectivity index (χ0) is 14.7. The Morgan fingerprint density at radius 3 is 2.71 bits per heavy atom. The van der Waals surface area contributed by atoms with Crippen molar-refractivity contribution in [3.63, 3.8) is 0 Å². The third-order valence-electron chi connectivity index (χ3n) is 3.58. The molecule has 1 aliphatic rings. The highest BCUT2D eigenvalue weighted by Crippen LogP contribution is 2.16. The molecule has 6 heteroatoms. The van der Waals surface area contributed by atoms with E-state index in [0.717, 1.165) is 16.8 Å². The summed E-state index contributed by atoms with van der Waals surface area (Å²) in [6.45, 7) is 0.899. The van der Waals surface area contributed by atoms with Crippen molar-refractivity contribution in [3.05, 3.63) is 42.1 Å². The fourth-order valence-corrected chi connectivity index (χ4v) is 2.34. The van der Waals surface area contributed by atoms with Gasteiger partial charge in [0.25, 0.3) is 0 Å². The van der Waals surface area contributed by atoms with Crippen LogP contribution in [-0.4, -0.2) is 28.6 Å². The number of hydrogen-bond donors (Lipinski definition) is 3. The van der Waals surface area contributed by atoms with Crippen LogP contribution in [0, 0.1) is 5.92 Å². The average Bonchev–Trinajstić information content (AvgIpc) is 3.16. The zero-order valence-electron chi connectivity index (χ0n) is 11.4. The number of benzene rings is 1. The van der Waals surface area contributed by atoms with Crippen LogP contribution in [0.1, 0.15) is 12.0 Å². The van der Waals surface area contributed by atoms with Gasteiger partial charge in [-0.1, -0.05) is 24.3 Å². The fourth-order valence-electron chi connectivity index (χ4n) is 2.34. The second-order valence-corrected chi connectivity index (χ2v) is 5.09. The molecule has 1 fully saturated rings. The lowest BCUT2D eigenvalue weighted by Gasteiger charge is -2.09. The normalized spacial score (nSPS) is 17.5. The quantitative estimate of drug-likeness (QED) is 0.777. The van der Waals surface area contributed by atoms with Gasteiger partial charge in [-0.3, -0.25) is 14.7 Å². The number of amides is 2. The Morgan fingerprint density at radius 1 is 1.29 bits per heavy atom. The van der Waals surface area contributed by atoms with E-state index in [0.29, 0.717) is 13.1 Å². The monoisotopic (exact) mass is 284 g/mol. The Kier molecular flexibility index (Phi) is 3.68. The summed E-state index contributed by atoms with van der Waals surface area (Å²) in [7, 11) is 0. The highest BCUT2D eigenvalue weighted by molar-refractivity contribution is 5.89. The van der Waals surface area contributed by atoms with E-state index in [4.69, 9.17) is 0 Å². The van der Waals surface area contributed by atoms with Crippen molar-refractivity contribution in [2.75, 3.05) is 6.54 Å². The molecule has 2 amide bonds. The first kappa shape index (κ1) is 13.4. The Bertz CT molecular complexity index is 634.